The van der Waals surface area contributed by atoms with Crippen LogP contribution in [0.4, 0.5) is 0 Å². The average molecular weight is 341 g/mol. The molecule has 3 N–H and O–H groups in total. The number of aliphatic hydroxyl groups is 1. The van der Waals surface area contributed by atoms with E-state index in [0.717, 1.165) is 36.0 Å². The molecule has 1 amide bonds. The third kappa shape index (κ3) is 4.04. The smallest absolute Gasteiger partial charge is 0.223 e. The molecular formula is C15H21BrN2O2. The molecule has 2 unspecified atom stereocenters. The second-order valence-corrected chi connectivity index (χ2v) is 6.23. The van der Waals surface area contributed by atoms with E-state index in [1.54, 1.807) is 0 Å². The van der Waals surface area contributed by atoms with Crippen molar-refractivity contribution in [1.29, 1.82) is 0 Å². The number of hydrogen-bond donors (Lipinski definition) is 3. The van der Waals surface area contributed by atoms with Crippen LogP contribution in [0.3, 0.4) is 0 Å². The number of carbonyl (C=O) groups excluding carboxylic acids is 1. The summed E-state index contributed by atoms with van der Waals surface area (Å²) in [6, 6.07) is 7.21. The maximum absolute atomic E-state index is 12.1. The highest BCUT2D eigenvalue weighted by Crippen LogP contribution is 2.20. The molecule has 0 saturated carbocycles. The largest absolute Gasteiger partial charge is 0.386 e. The molecule has 4 nitrogen and oxygen atoms in total. The Balaban J connectivity index is 1.91. The minimum atomic E-state index is -0.686. The van der Waals surface area contributed by atoms with Crippen LogP contribution in [-0.4, -0.2) is 30.1 Å². The van der Waals surface area contributed by atoms with Crippen molar-refractivity contribution in [3.8, 4) is 0 Å². The summed E-state index contributed by atoms with van der Waals surface area (Å²) in [5.74, 6) is 0.117. The first-order valence-corrected chi connectivity index (χ1v) is 7.82. The number of benzene rings is 1. The van der Waals surface area contributed by atoms with E-state index in [0.29, 0.717) is 0 Å². The molecule has 0 radical (unpaired) electrons. The quantitative estimate of drug-likeness (QED) is 0.785. The molecule has 1 fully saturated rings. The third-order valence-corrected chi connectivity index (χ3v) is 4.29. The van der Waals surface area contributed by atoms with E-state index in [-0.39, 0.29) is 17.9 Å². The summed E-state index contributed by atoms with van der Waals surface area (Å²) in [6.45, 7) is 3.62. The predicted molar refractivity (Wildman–Crippen MR) is 82.3 cm³/mol. The van der Waals surface area contributed by atoms with Crippen molar-refractivity contribution in [2.24, 2.45) is 5.92 Å². The van der Waals surface area contributed by atoms with Crippen molar-refractivity contribution in [3.63, 3.8) is 0 Å². The highest BCUT2D eigenvalue weighted by atomic mass is 79.9. The second-order valence-electron chi connectivity index (χ2n) is 5.32. The Morgan fingerprint density at radius 1 is 1.35 bits per heavy atom. The van der Waals surface area contributed by atoms with Gasteiger partial charge in [0, 0.05) is 10.4 Å². The maximum atomic E-state index is 12.1. The van der Waals surface area contributed by atoms with Crippen LogP contribution >= 0.6 is 15.9 Å². The maximum Gasteiger partial charge on any atom is 0.223 e. The van der Waals surface area contributed by atoms with Gasteiger partial charge in [-0.15, -0.1) is 0 Å². The molecule has 2 rings (SSSR count). The van der Waals surface area contributed by atoms with Crippen LogP contribution in [0.15, 0.2) is 28.7 Å². The van der Waals surface area contributed by atoms with Crippen molar-refractivity contribution in [2.75, 3.05) is 13.1 Å². The number of aliphatic hydroxyl groups excluding tert-OH is 1. The molecule has 1 aromatic carbocycles. The van der Waals surface area contributed by atoms with Gasteiger partial charge in [-0.05, 0) is 50.6 Å². The minimum absolute atomic E-state index is 0.0511. The zero-order valence-corrected chi connectivity index (χ0v) is 13.2. The minimum Gasteiger partial charge on any atom is -0.386 e. The molecule has 1 heterocycles. The summed E-state index contributed by atoms with van der Waals surface area (Å²) in [4.78, 5) is 12.1. The fourth-order valence-electron chi connectivity index (χ4n) is 2.45. The van der Waals surface area contributed by atoms with E-state index >= 15 is 0 Å². The molecular weight excluding hydrogens is 320 g/mol. The number of carbonyl (C=O) groups is 1. The van der Waals surface area contributed by atoms with Crippen LogP contribution in [0.2, 0.25) is 0 Å². The zero-order chi connectivity index (χ0) is 14.5. The van der Waals surface area contributed by atoms with Gasteiger partial charge in [-0.25, -0.2) is 0 Å². The Bertz CT molecular complexity index is 444. The number of hydrogen-bond acceptors (Lipinski definition) is 3. The molecule has 1 aromatic rings. The average Bonchev–Trinajstić information content (AvgIpc) is 2.48. The van der Waals surface area contributed by atoms with E-state index in [9.17, 15) is 9.90 Å². The van der Waals surface area contributed by atoms with Gasteiger partial charge in [0.05, 0.1) is 12.1 Å². The van der Waals surface area contributed by atoms with Gasteiger partial charge in [-0.2, -0.15) is 0 Å². The Morgan fingerprint density at radius 2 is 1.95 bits per heavy atom. The summed E-state index contributed by atoms with van der Waals surface area (Å²) < 4.78 is 0.972. The summed E-state index contributed by atoms with van der Waals surface area (Å²) in [5.41, 5.74) is 0.811. The Labute approximate surface area is 128 Å². The first kappa shape index (κ1) is 15.5. The number of halogens is 1. The lowest BCUT2D eigenvalue weighted by Crippen LogP contribution is -2.43. The van der Waals surface area contributed by atoms with Gasteiger partial charge in [0.1, 0.15) is 0 Å². The first-order valence-electron chi connectivity index (χ1n) is 7.02. The molecule has 2 atom stereocenters. The van der Waals surface area contributed by atoms with Crippen LogP contribution in [0.5, 0.6) is 0 Å². The van der Waals surface area contributed by atoms with Gasteiger partial charge in [-0.3, -0.25) is 4.79 Å². The van der Waals surface area contributed by atoms with Gasteiger partial charge >= 0.3 is 0 Å². The van der Waals surface area contributed by atoms with Crippen LogP contribution in [-0.2, 0) is 4.79 Å². The van der Waals surface area contributed by atoms with Crippen molar-refractivity contribution < 1.29 is 9.90 Å². The van der Waals surface area contributed by atoms with Crippen LogP contribution < -0.4 is 10.6 Å². The Morgan fingerprint density at radius 3 is 2.55 bits per heavy atom. The van der Waals surface area contributed by atoms with Crippen LogP contribution in [0.25, 0.3) is 0 Å². The standard InChI is InChI=1S/C15H21BrN2O2/c1-10(14(19)11-2-4-13(16)5-3-11)18-15(20)12-6-8-17-9-7-12/h2-5,10,12,14,17,19H,6-9H2,1H3,(H,18,20). The molecule has 0 aromatic heterocycles. The van der Waals surface area contributed by atoms with E-state index in [2.05, 4.69) is 26.6 Å². The predicted octanol–water partition coefficient (Wildman–Crippen LogP) is 1.99. The van der Waals surface area contributed by atoms with Crippen LogP contribution in [0, 0.1) is 5.92 Å². The zero-order valence-electron chi connectivity index (χ0n) is 11.6. The lowest BCUT2D eigenvalue weighted by molar-refractivity contribution is -0.127. The first-order chi connectivity index (χ1) is 9.58. The molecule has 0 spiro atoms. The highest BCUT2D eigenvalue weighted by molar-refractivity contribution is 9.10. The number of piperidine rings is 1. The number of nitrogens with one attached hydrogen (secondary N) is 2. The molecule has 0 aliphatic carbocycles. The van der Waals surface area contributed by atoms with E-state index in [4.69, 9.17) is 0 Å². The van der Waals surface area contributed by atoms with Crippen molar-refractivity contribution in [2.45, 2.75) is 31.9 Å². The molecule has 110 valence electrons. The van der Waals surface area contributed by atoms with Gasteiger partial charge in [-0.1, -0.05) is 28.1 Å². The van der Waals surface area contributed by atoms with Gasteiger partial charge in [0.15, 0.2) is 0 Å². The number of amides is 1. The summed E-state index contributed by atoms with van der Waals surface area (Å²) in [5, 5.41) is 16.5. The van der Waals surface area contributed by atoms with E-state index < -0.39 is 6.10 Å². The van der Waals surface area contributed by atoms with Crippen LogP contribution in [0.1, 0.15) is 31.4 Å². The lowest BCUT2D eigenvalue weighted by atomic mass is 9.96. The lowest BCUT2D eigenvalue weighted by Gasteiger charge is -2.26. The molecule has 1 saturated heterocycles. The topological polar surface area (TPSA) is 61.4 Å². The summed E-state index contributed by atoms with van der Waals surface area (Å²) >= 11 is 3.37. The van der Waals surface area contributed by atoms with Gasteiger partial charge in [0.2, 0.25) is 5.91 Å². The van der Waals surface area contributed by atoms with E-state index in [1.807, 2.05) is 31.2 Å². The molecule has 0 bridgehead atoms. The molecule has 20 heavy (non-hydrogen) atoms. The fourth-order valence-corrected chi connectivity index (χ4v) is 2.72. The number of rotatable bonds is 4. The van der Waals surface area contributed by atoms with Crippen molar-refractivity contribution in [1.82, 2.24) is 10.6 Å². The van der Waals surface area contributed by atoms with Crippen molar-refractivity contribution in [3.05, 3.63) is 34.3 Å². The molecule has 1 aliphatic heterocycles. The second kappa shape index (κ2) is 7.20. The monoisotopic (exact) mass is 340 g/mol. The molecule has 1 aliphatic rings. The van der Waals surface area contributed by atoms with Crippen molar-refractivity contribution >= 4 is 21.8 Å². The summed E-state index contributed by atoms with van der Waals surface area (Å²) in [6.07, 6.45) is 1.05. The fraction of sp³-hybridized carbons (Fsp3) is 0.533. The Hall–Kier alpha value is -0.910. The van der Waals surface area contributed by atoms with E-state index in [1.165, 1.54) is 0 Å². The SMILES string of the molecule is CC(NC(=O)C1CCNCC1)C(O)c1ccc(Br)cc1. The highest BCUT2D eigenvalue weighted by Gasteiger charge is 2.24. The normalized spacial score (nSPS) is 19.4. The summed E-state index contributed by atoms with van der Waals surface area (Å²) in [7, 11) is 0. The third-order valence-electron chi connectivity index (χ3n) is 3.77. The van der Waals surface area contributed by atoms with Gasteiger partial charge in [0.25, 0.3) is 0 Å². The van der Waals surface area contributed by atoms with Gasteiger partial charge < -0.3 is 15.7 Å². The molecule has 5 heteroatoms. The Kier molecular flexibility index (Phi) is 5.57.